The van der Waals surface area contributed by atoms with E-state index in [1.165, 1.54) is 0 Å². The molecule has 1 fully saturated rings. The predicted molar refractivity (Wildman–Crippen MR) is 75.7 cm³/mol. The van der Waals surface area contributed by atoms with Crippen molar-refractivity contribution in [3.63, 3.8) is 0 Å². The highest BCUT2D eigenvalue weighted by Crippen LogP contribution is 2.06. The fourth-order valence-electron chi connectivity index (χ4n) is 2.28. The van der Waals surface area contributed by atoms with Crippen molar-refractivity contribution in [1.82, 2.24) is 15.1 Å². The molecular formula is C14H23N3O3. The molecule has 1 N–H and O–H groups in total. The van der Waals surface area contributed by atoms with Crippen LogP contribution in [-0.2, 0) is 11.2 Å². The van der Waals surface area contributed by atoms with Gasteiger partial charge in [0.2, 0.25) is 0 Å². The lowest BCUT2D eigenvalue weighted by atomic mass is 10.2. The van der Waals surface area contributed by atoms with E-state index in [9.17, 15) is 4.79 Å². The zero-order chi connectivity index (χ0) is 14.4. The number of nitrogens with one attached hydrogen (secondary N) is 1. The van der Waals surface area contributed by atoms with E-state index in [1.54, 1.807) is 6.26 Å². The van der Waals surface area contributed by atoms with Crippen LogP contribution in [0.2, 0.25) is 0 Å². The van der Waals surface area contributed by atoms with Crippen LogP contribution in [0.25, 0.3) is 0 Å². The number of carbonyl (C=O) groups is 1. The average molecular weight is 281 g/mol. The maximum absolute atomic E-state index is 12.1. The van der Waals surface area contributed by atoms with Crippen LogP contribution in [0.5, 0.6) is 0 Å². The predicted octanol–water partition coefficient (Wildman–Crippen LogP) is 0.794. The first-order valence-corrected chi connectivity index (χ1v) is 6.96. The number of hydrogen-bond donors (Lipinski definition) is 1. The van der Waals surface area contributed by atoms with Gasteiger partial charge in [0.05, 0.1) is 19.0 Å². The minimum Gasteiger partial charge on any atom is -0.469 e. The molecule has 2 rings (SSSR count). The van der Waals surface area contributed by atoms with Gasteiger partial charge in [0, 0.05) is 32.6 Å². The van der Waals surface area contributed by atoms with Crippen LogP contribution in [0.4, 0.5) is 4.79 Å². The number of urea groups is 1. The molecule has 0 bridgehead atoms. The molecule has 0 saturated carbocycles. The molecule has 0 spiro atoms. The molecule has 2 amide bonds. The van der Waals surface area contributed by atoms with Gasteiger partial charge in [-0.15, -0.1) is 0 Å². The van der Waals surface area contributed by atoms with Crippen molar-refractivity contribution in [3.8, 4) is 0 Å². The smallest absolute Gasteiger partial charge is 0.317 e. The largest absolute Gasteiger partial charge is 0.469 e. The lowest BCUT2D eigenvalue weighted by Gasteiger charge is -2.34. The fourth-order valence-corrected chi connectivity index (χ4v) is 2.28. The summed E-state index contributed by atoms with van der Waals surface area (Å²) in [5, 5.41) is 2.92. The minimum absolute atomic E-state index is 0.0244. The van der Waals surface area contributed by atoms with Gasteiger partial charge in [0.25, 0.3) is 0 Å². The molecule has 20 heavy (non-hydrogen) atoms. The third-order valence-corrected chi connectivity index (χ3v) is 3.22. The van der Waals surface area contributed by atoms with Gasteiger partial charge in [-0.3, -0.25) is 0 Å². The Labute approximate surface area is 119 Å². The molecule has 1 aliphatic heterocycles. The third-order valence-electron chi connectivity index (χ3n) is 3.22. The number of ether oxygens (including phenoxy) is 1. The molecule has 1 aromatic rings. The molecule has 0 radical (unpaired) electrons. The molecule has 1 atom stereocenters. The van der Waals surface area contributed by atoms with Crippen LogP contribution >= 0.6 is 0 Å². The number of furan rings is 1. The number of rotatable bonds is 5. The molecule has 1 unspecified atom stereocenters. The molecule has 0 aliphatic carbocycles. The van der Waals surface area contributed by atoms with Gasteiger partial charge in [0.1, 0.15) is 5.76 Å². The maximum atomic E-state index is 12.1. The summed E-state index contributed by atoms with van der Waals surface area (Å²) in [5.74, 6) is 0.887. The number of nitrogens with zero attached hydrogens (tertiary/aromatic N) is 2. The van der Waals surface area contributed by atoms with E-state index in [2.05, 4.69) is 10.2 Å². The van der Waals surface area contributed by atoms with Crippen LogP contribution in [0.1, 0.15) is 5.76 Å². The molecule has 1 aromatic heterocycles. The topological polar surface area (TPSA) is 58.0 Å². The van der Waals surface area contributed by atoms with Gasteiger partial charge >= 0.3 is 6.03 Å². The summed E-state index contributed by atoms with van der Waals surface area (Å²) in [7, 11) is 4.01. The molecule has 6 heteroatoms. The summed E-state index contributed by atoms with van der Waals surface area (Å²) < 4.78 is 10.9. The Morgan fingerprint density at radius 2 is 2.40 bits per heavy atom. The summed E-state index contributed by atoms with van der Waals surface area (Å²) in [6.07, 6.45) is 2.45. The Morgan fingerprint density at radius 3 is 3.10 bits per heavy atom. The van der Waals surface area contributed by atoms with Crippen molar-refractivity contribution < 1.29 is 13.9 Å². The summed E-state index contributed by atoms with van der Waals surface area (Å²) in [6, 6.07) is 3.74. The number of amides is 2. The van der Waals surface area contributed by atoms with Crippen LogP contribution in [-0.4, -0.2) is 68.8 Å². The first-order chi connectivity index (χ1) is 9.65. The lowest BCUT2D eigenvalue weighted by molar-refractivity contribution is -0.0245. The van der Waals surface area contributed by atoms with Crippen LogP contribution in [0.15, 0.2) is 22.8 Å². The van der Waals surface area contributed by atoms with Crippen molar-refractivity contribution in [2.45, 2.75) is 12.5 Å². The summed E-state index contributed by atoms with van der Waals surface area (Å²) in [6.45, 7) is 3.31. The van der Waals surface area contributed by atoms with E-state index in [-0.39, 0.29) is 12.1 Å². The van der Waals surface area contributed by atoms with E-state index in [0.29, 0.717) is 32.7 Å². The second-order valence-corrected chi connectivity index (χ2v) is 5.26. The first-order valence-electron chi connectivity index (χ1n) is 6.96. The molecule has 1 aliphatic rings. The van der Waals surface area contributed by atoms with Crippen LogP contribution in [0, 0.1) is 0 Å². The Bertz CT molecular complexity index is 406. The Kier molecular flexibility index (Phi) is 5.43. The van der Waals surface area contributed by atoms with Crippen molar-refractivity contribution in [3.05, 3.63) is 24.2 Å². The molecule has 0 aromatic carbocycles. The zero-order valence-corrected chi connectivity index (χ0v) is 12.2. The highest BCUT2D eigenvalue weighted by Gasteiger charge is 2.24. The number of likely N-dealkylation sites (N-methyl/N-ethyl adjacent to an activating group) is 1. The molecule has 6 nitrogen and oxygen atoms in total. The second kappa shape index (κ2) is 7.31. The standard InChI is InChI=1S/C14H23N3O3/c1-16(2)10-13-11-17(7-9-20-13)14(18)15-6-5-12-4-3-8-19-12/h3-4,8,13H,5-7,9-11H2,1-2H3,(H,15,18). The van der Waals surface area contributed by atoms with E-state index in [1.807, 2.05) is 31.1 Å². The second-order valence-electron chi connectivity index (χ2n) is 5.26. The SMILES string of the molecule is CN(C)CC1CN(C(=O)NCCc2ccco2)CCO1. The van der Waals surface area contributed by atoms with Crippen molar-refractivity contribution >= 4 is 6.03 Å². The van der Waals surface area contributed by atoms with Gasteiger partial charge in [-0.1, -0.05) is 0 Å². The summed E-state index contributed by atoms with van der Waals surface area (Å²) >= 11 is 0. The number of morpholine rings is 1. The first kappa shape index (κ1) is 14.9. The highest BCUT2D eigenvalue weighted by molar-refractivity contribution is 5.74. The van der Waals surface area contributed by atoms with Crippen molar-refractivity contribution in [2.75, 3.05) is 46.9 Å². The monoisotopic (exact) mass is 281 g/mol. The highest BCUT2D eigenvalue weighted by atomic mass is 16.5. The Morgan fingerprint density at radius 1 is 1.55 bits per heavy atom. The molecule has 2 heterocycles. The van der Waals surface area contributed by atoms with Gasteiger partial charge in [-0.2, -0.15) is 0 Å². The number of hydrogen-bond acceptors (Lipinski definition) is 4. The zero-order valence-electron chi connectivity index (χ0n) is 12.2. The molecular weight excluding hydrogens is 258 g/mol. The normalized spacial score (nSPS) is 19.4. The molecule has 1 saturated heterocycles. The van der Waals surface area contributed by atoms with Crippen molar-refractivity contribution in [1.29, 1.82) is 0 Å². The van der Waals surface area contributed by atoms with Crippen LogP contribution in [0.3, 0.4) is 0 Å². The number of carbonyl (C=O) groups excluding carboxylic acids is 1. The minimum atomic E-state index is -0.0244. The third kappa shape index (κ3) is 4.54. The van der Waals surface area contributed by atoms with Gasteiger partial charge in [-0.25, -0.2) is 4.79 Å². The van der Waals surface area contributed by atoms with E-state index in [0.717, 1.165) is 12.3 Å². The van der Waals surface area contributed by atoms with Gasteiger partial charge in [0.15, 0.2) is 0 Å². The fraction of sp³-hybridized carbons (Fsp3) is 0.643. The van der Waals surface area contributed by atoms with E-state index in [4.69, 9.17) is 9.15 Å². The summed E-state index contributed by atoms with van der Waals surface area (Å²) in [4.78, 5) is 16.0. The van der Waals surface area contributed by atoms with Crippen LogP contribution < -0.4 is 5.32 Å². The van der Waals surface area contributed by atoms with Gasteiger partial charge < -0.3 is 24.3 Å². The Hall–Kier alpha value is -1.53. The van der Waals surface area contributed by atoms with E-state index >= 15 is 0 Å². The van der Waals surface area contributed by atoms with Gasteiger partial charge in [-0.05, 0) is 26.2 Å². The summed E-state index contributed by atoms with van der Waals surface area (Å²) in [5.41, 5.74) is 0. The average Bonchev–Trinajstić information content (AvgIpc) is 2.91. The maximum Gasteiger partial charge on any atom is 0.317 e. The molecule has 112 valence electrons. The van der Waals surface area contributed by atoms with Crippen molar-refractivity contribution in [2.24, 2.45) is 0 Å². The lowest BCUT2D eigenvalue weighted by Crippen LogP contribution is -2.52. The van der Waals surface area contributed by atoms with E-state index < -0.39 is 0 Å². The Balaban J connectivity index is 1.71. The quantitative estimate of drug-likeness (QED) is 0.867.